The van der Waals surface area contributed by atoms with E-state index in [9.17, 15) is 0 Å². The standard InChI is InChI=1S/C18H38/c1-9-12-15-18(8,16(4,5)13-10-2)17(6,7)14-11-3/h9-15H2,1-8H3. The van der Waals surface area contributed by atoms with Crippen LogP contribution in [0.1, 0.15) is 100 Å². The first-order valence-electron chi connectivity index (χ1n) is 8.18. The van der Waals surface area contributed by atoms with Crippen LogP contribution in [0.5, 0.6) is 0 Å². The summed E-state index contributed by atoms with van der Waals surface area (Å²) in [7, 11) is 0. The predicted octanol–water partition coefficient (Wildman–Crippen LogP) is 6.84. The summed E-state index contributed by atoms with van der Waals surface area (Å²) in [4.78, 5) is 0. The first kappa shape index (κ1) is 18.0. The van der Waals surface area contributed by atoms with Crippen LogP contribution in [0.4, 0.5) is 0 Å². The summed E-state index contributed by atoms with van der Waals surface area (Å²) in [6, 6.07) is 0. The quantitative estimate of drug-likeness (QED) is 0.423. The van der Waals surface area contributed by atoms with Gasteiger partial charge in [0, 0.05) is 0 Å². The van der Waals surface area contributed by atoms with Crippen LogP contribution in [-0.4, -0.2) is 0 Å². The molecule has 0 aromatic heterocycles. The second kappa shape index (κ2) is 6.96. The molecule has 18 heavy (non-hydrogen) atoms. The van der Waals surface area contributed by atoms with Gasteiger partial charge in [0.25, 0.3) is 0 Å². The lowest BCUT2D eigenvalue weighted by atomic mass is 9.50. The van der Waals surface area contributed by atoms with E-state index in [0.29, 0.717) is 16.2 Å². The van der Waals surface area contributed by atoms with Crippen molar-refractivity contribution < 1.29 is 0 Å². The molecule has 0 fully saturated rings. The maximum Gasteiger partial charge on any atom is -0.0223 e. The molecule has 0 unspecified atom stereocenters. The zero-order valence-corrected chi connectivity index (χ0v) is 14.4. The first-order chi connectivity index (χ1) is 8.18. The molecule has 0 saturated carbocycles. The lowest BCUT2D eigenvalue weighted by Crippen LogP contribution is -2.46. The highest BCUT2D eigenvalue weighted by molar-refractivity contribution is 4.98. The third-order valence-corrected chi connectivity index (χ3v) is 5.77. The molecule has 0 atom stereocenters. The molecule has 0 saturated heterocycles. The van der Waals surface area contributed by atoms with Crippen LogP contribution < -0.4 is 0 Å². The molecule has 0 radical (unpaired) electrons. The van der Waals surface area contributed by atoms with Gasteiger partial charge in [0.05, 0.1) is 0 Å². The summed E-state index contributed by atoms with van der Waals surface area (Å²) < 4.78 is 0. The van der Waals surface area contributed by atoms with Crippen LogP contribution in [0.2, 0.25) is 0 Å². The van der Waals surface area contributed by atoms with Crippen LogP contribution in [-0.2, 0) is 0 Å². The zero-order chi connectivity index (χ0) is 14.4. The molecule has 0 aliphatic carbocycles. The Bertz CT molecular complexity index is 204. The molecule has 0 aromatic carbocycles. The third kappa shape index (κ3) is 3.75. The van der Waals surface area contributed by atoms with Crippen molar-refractivity contribution in [3.05, 3.63) is 0 Å². The van der Waals surface area contributed by atoms with Crippen LogP contribution in [0.25, 0.3) is 0 Å². The molecule has 0 N–H and O–H groups in total. The van der Waals surface area contributed by atoms with Gasteiger partial charge in [0.15, 0.2) is 0 Å². The Morgan fingerprint density at radius 2 is 0.944 bits per heavy atom. The van der Waals surface area contributed by atoms with E-state index in [0.717, 1.165) is 0 Å². The van der Waals surface area contributed by atoms with Crippen molar-refractivity contribution in [3.63, 3.8) is 0 Å². The Kier molecular flexibility index (Phi) is 6.96. The van der Waals surface area contributed by atoms with Crippen LogP contribution in [0.3, 0.4) is 0 Å². The largest absolute Gasteiger partial charge is 0.0654 e. The zero-order valence-electron chi connectivity index (χ0n) is 14.4. The van der Waals surface area contributed by atoms with Crippen molar-refractivity contribution in [1.82, 2.24) is 0 Å². The second-order valence-corrected chi connectivity index (χ2v) is 7.70. The van der Waals surface area contributed by atoms with Crippen LogP contribution >= 0.6 is 0 Å². The van der Waals surface area contributed by atoms with E-state index in [1.807, 2.05) is 0 Å². The highest BCUT2D eigenvalue weighted by Crippen LogP contribution is 2.58. The van der Waals surface area contributed by atoms with Gasteiger partial charge in [0.1, 0.15) is 0 Å². The van der Waals surface area contributed by atoms with Crippen molar-refractivity contribution in [1.29, 1.82) is 0 Å². The van der Waals surface area contributed by atoms with Gasteiger partial charge < -0.3 is 0 Å². The average Bonchev–Trinajstić information content (AvgIpc) is 2.25. The molecule has 0 bridgehead atoms. The Balaban J connectivity index is 5.27. The number of hydrogen-bond donors (Lipinski definition) is 0. The van der Waals surface area contributed by atoms with Gasteiger partial charge in [-0.05, 0) is 35.5 Å². The molecule has 0 rings (SSSR count). The van der Waals surface area contributed by atoms with Crippen molar-refractivity contribution >= 4 is 0 Å². The molecular weight excluding hydrogens is 216 g/mol. The van der Waals surface area contributed by atoms with Gasteiger partial charge in [0.2, 0.25) is 0 Å². The lowest BCUT2D eigenvalue weighted by molar-refractivity contribution is -0.0564. The summed E-state index contributed by atoms with van der Waals surface area (Å²) in [5, 5.41) is 0. The van der Waals surface area contributed by atoms with E-state index < -0.39 is 0 Å². The van der Waals surface area contributed by atoms with Gasteiger partial charge in [-0.15, -0.1) is 0 Å². The highest BCUT2D eigenvalue weighted by Gasteiger charge is 2.49. The van der Waals surface area contributed by atoms with E-state index in [1.165, 1.54) is 44.9 Å². The maximum atomic E-state index is 2.56. The molecule has 110 valence electrons. The molecule has 0 nitrogen and oxygen atoms in total. The summed E-state index contributed by atoms with van der Waals surface area (Å²) >= 11 is 0. The fourth-order valence-electron chi connectivity index (χ4n) is 3.92. The Labute approximate surface area is 117 Å². The molecule has 0 heteroatoms. The number of rotatable bonds is 9. The predicted molar refractivity (Wildman–Crippen MR) is 85.0 cm³/mol. The third-order valence-electron chi connectivity index (χ3n) is 5.77. The minimum Gasteiger partial charge on any atom is -0.0654 e. The Morgan fingerprint density at radius 1 is 0.556 bits per heavy atom. The maximum absolute atomic E-state index is 2.56. The molecule has 0 aliphatic heterocycles. The van der Waals surface area contributed by atoms with E-state index in [1.54, 1.807) is 0 Å². The topological polar surface area (TPSA) is 0 Å². The van der Waals surface area contributed by atoms with Gasteiger partial charge in [-0.3, -0.25) is 0 Å². The Hall–Kier alpha value is 0. The monoisotopic (exact) mass is 254 g/mol. The summed E-state index contributed by atoms with van der Waals surface area (Å²) in [6.45, 7) is 19.6. The molecule has 0 aliphatic rings. The summed E-state index contributed by atoms with van der Waals surface area (Å²) in [5.74, 6) is 0. The second-order valence-electron chi connectivity index (χ2n) is 7.70. The van der Waals surface area contributed by atoms with Gasteiger partial charge in [-0.25, -0.2) is 0 Å². The van der Waals surface area contributed by atoms with Crippen molar-refractivity contribution in [2.75, 3.05) is 0 Å². The van der Waals surface area contributed by atoms with Gasteiger partial charge >= 0.3 is 0 Å². The first-order valence-corrected chi connectivity index (χ1v) is 8.18. The molecular formula is C18H38. The summed E-state index contributed by atoms with van der Waals surface area (Å²) in [5.41, 5.74) is 1.33. The van der Waals surface area contributed by atoms with Crippen molar-refractivity contribution in [2.45, 2.75) is 100 Å². The minimum absolute atomic E-state index is 0.440. The van der Waals surface area contributed by atoms with Gasteiger partial charge in [-0.1, -0.05) is 81.1 Å². The number of unbranched alkanes of at least 4 members (excludes halogenated alkanes) is 1. The molecule has 0 amide bonds. The van der Waals surface area contributed by atoms with Crippen LogP contribution in [0.15, 0.2) is 0 Å². The molecule has 0 aromatic rings. The fourth-order valence-corrected chi connectivity index (χ4v) is 3.92. The van der Waals surface area contributed by atoms with E-state index in [4.69, 9.17) is 0 Å². The normalized spacial score (nSPS) is 14.0. The van der Waals surface area contributed by atoms with E-state index in [-0.39, 0.29) is 0 Å². The van der Waals surface area contributed by atoms with E-state index >= 15 is 0 Å². The fraction of sp³-hybridized carbons (Fsp3) is 1.00. The number of hydrogen-bond acceptors (Lipinski definition) is 0. The van der Waals surface area contributed by atoms with Crippen molar-refractivity contribution in [2.24, 2.45) is 16.2 Å². The SMILES string of the molecule is CCCCC(C)(C(C)(C)CCC)C(C)(C)CCC. The minimum atomic E-state index is 0.440. The molecule has 0 heterocycles. The lowest BCUT2D eigenvalue weighted by Gasteiger charge is -2.55. The van der Waals surface area contributed by atoms with Crippen LogP contribution in [0, 0.1) is 16.2 Å². The molecule has 0 spiro atoms. The summed E-state index contributed by atoms with van der Waals surface area (Å²) in [6.07, 6.45) is 9.37. The van der Waals surface area contributed by atoms with Crippen molar-refractivity contribution in [3.8, 4) is 0 Å². The Morgan fingerprint density at radius 3 is 1.22 bits per heavy atom. The average molecular weight is 255 g/mol. The smallest absolute Gasteiger partial charge is 0.0223 e. The van der Waals surface area contributed by atoms with Gasteiger partial charge in [-0.2, -0.15) is 0 Å². The van der Waals surface area contributed by atoms with E-state index in [2.05, 4.69) is 55.4 Å². The highest BCUT2D eigenvalue weighted by atomic mass is 14.5.